The van der Waals surface area contributed by atoms with Crippen molar-refractivity contribution in [1.29, 1.82) is 0 Å². The van der Waals surface area contributed by atoms with Gasteiger partial charge in [0.05, 0.1) is 11.4 Å². The van der Waals surface area contributed by atoms with E-state index in [1.807, 2.05) is 12.1 Å². The van der Waals surface area contributed by atoms with Crippen LogP contribution in [-0.2, 0) is 5.41 Å². The largest absolute Gasteiger partial charge is 0.477 e. The minimum absolute atomic E-state index is 0.118. The highest BCUT2D eigenvalue weighted by atomic mass is 19.1. The van der Waals surface area contributed by atoms with Gasteiger partial charge >= 0.3 is 5.97 Å². The summed E-state index contributed by atoms with van der Waals surface area (Å²) < 4.78 is 28.0. The molecule has 0 atom stereocenters. The van der Waals surface area contributed by atoms with Crippen LogP contribution in [0, 0.1) is 5.82 Å². The zero-order valence-corrected chi connectivity index (χ0v) is 16.8. The lowest BCUT2D eigenvalue weighted by molar-refractivity contribution is 0.0691. The number of carboxylic acids is 1. The molecular weight excluding hydrogens is 416 g/mol. The Labute approximate surface area is 181 Å². The standard InChI is InChI=1S/C23H19F2N5O2/c24-15-10-23(11-15,21-16(25)2-1-7-26-21)12-27-20-6-5-18(29-30-20)13-3-4-17-14(8-13)9-19(28-17)22(31)32/h1-9,15,28H,10-12H2,(H,27,30)(H,31,32)/t15-,23-. The molecule has 1 aromatic carbocycles. The number of hydrogen-bond donors (Lipinski definition) is 3. The average Bonchev–Trinajstić information content (AvgIpc) is 3.21. The van der Waals surface area contributed by atoms with E-state index in [1.165, 1.54) is 18.3 Å². The Hall–Kier alpha value is -3.88. The Kier molecular flexibility index (Phi) is 4.80. The van der Waals surface area contributed by atoms with Gasteiger partial charge < -0.3 is 15.4 Å². The molecule has 32 heavy (non-hydrogen) atoms. The second-order valence-corrected chi connectivity index (χ2v) is 8.07. The van der Waals surface area contributed by atoms with Crippen molar-refractivity contribution in [3.8, 4) is 11.3 Å². The van der Waals surface area contributed by atoms with E-state index in [0.29, 0.717) is 18.1 Å². The van der Waals surface area contributed by atoms with Crippen LogP contribution in [0.3, 0.4) is 0 Å². The minimum Gasteiger partial charge on any atom is -0.477 e. The monoisotopic (exact) mass is 435 g/mol. The molecule has 3 heterocycles. The fourth-order valence-corrected chi connectivity index (χ4v) is 4.23. The van der Waals surface area contributed by atoms with Crippen molar-refractivity contribution in [2.24, 2.45) is 0 Å². The smallest absolute Gasteiger partial charge is 0.352 e. The van der Waals surface area contributed by atoms with E-state index < -0.39 is 23.4 Å². The lowest BCUT2D eigenvalue weighted by Gasteiger charge is -2.44. The van der Waals surface area contributed by atoms with Crippen LogP contribution in [0.5, 0.6) is 0 Å². The molecule has 4 aromatic rings. The summed E-state index contributed by atoms with van der Waals surface area (Å²) in [6.07, 6.45) is 0.945. The number of aromatic amines is 1. The summed E-state index contributed by atoms with van der Waals surface area (Å²) in [5.41, 5.74) is 1.80. The molecule has 3 aromatic heterocycles. The van der Waals surface area contributed by atoms with Gasteiger partial charge in [0.1, 0.15) is 23.5 Å². The van der Waals surface area contributed by atoms with Crippen molar-refractivity contribution < 1.29 is 18.7 Å². The molecule has 5 rings (SSSR count). The predicted molar refractivity (Wildman–Crippen MR) is 115 cm³/mol. The Morgan fingerprint density at radius 2 is 2.03 bits per heavy atom. The number of carboxylic acid groups (broad SMARTS) is 1. The number of benzene rings is 1. The number of halogens is 2. The van der Waals surface area contributed by atoms with Crippen LogP contribution in [0.2, 0.25) is 0 Å². The maximum atomic E-state index is 14.3. The Bertz CT molecular complexity index is 1300. The number of pyridine rings is 1. The van der Waals surface area contributed by atoms with Gasteiger partial charge in [-0.15, -0.1) is 10.2 Å². The van der Waals surface area contributed by atoms with Gasteiger partial charge in [-0.1, -0.05) is 6.07 Å². The van der Waals surface area contributed by atoms with Crippen molar-refractivity contribution in [2.45, 2.75) is 24.4 Å². The van der Waals surface area contributed by atoms with Crippen LogP contribution in [0.25, 0.3) is 22.2 Å². The van der Waals surface area contributed by atoms with Crippen molar-refractivity contribution in [3.63, 3.8) is 0 Å². The molecule has 3 N–H and O–H groups in total. The molecule has 0 aliphatic heterocycles. The van der Waals surface area contributed by atoms with E-state index in [0.717, 1.165) is 16.5 Å². The molecular formula is C23H19F2N5O2. The Morgan fingerprint density at radius 3 is 2.72 bits per heavy atom. The highest BCUT2D eigenvalue weighted by Gasteiger charge is 2.48. The number of alkyl halides is 1. The number of rotatable bonds is 6. The number of hydrogen-bond acceptors (Lipinski definition) is 5. The molecule has 0 spiro atoms. The second-order valence-electron chi connectivity index (χ2n) is 8.07. The van der Waals surface area contributed by atoms with E-state index >= 15 is 0 Å². The maximum Gasteiger partial charge on any atom is 0.352 e. The average molecular weight is 435 g/mol. The van der Waals surface area contributed by atoms with Crippen LogP contribution < -0.4 is 5.32 Å². The normalized spacial score (nSPS) is 20.1. The Morgan fingerprint density at radius 1 is 1.19 bits per heavy atom. The van der Waals surface area contributed by atoms with Crippen LogP contribution >= 0.6 is 0 Å². The number of carbonyl (C=O) groups is 1. The molecule has 1 fully saturated rings. The van der Waals surface area contributed by atoms with Gasteiger partial charge in [0.15, 0.2) is 0 Å². The fourth-order valence-electron chi connectivity index (χ4n) is 4.23. The first-order valence-corrected chi connectivity index (χ1v) is 10.1. The number of aromatic carboxylic acids is 1. The van der Waals surface area contributed by atoms with Crippen LogP contribution in [-0.4, -0.2) is 44.0 Å². The summed E-state index contributed by atoms with van der Waals surface area (Å²) in [6.45, 7) is 0.294. The van der Waals surface area contributed by atoms with E-state index in [9.17, 15) is 13.6 Å². The summed E-state index contributed by atoms with van der Waals surface area (Å²) >= 11 is 0. The van der Waals surface area contributed by atoms with Crippen molar-refractivity contribution >= 4 is 22.7 Å². The molecule has 0 bridgehead atoms. The number of anilines is 1. The molecule has 9 heteroatoms. The highest BCUT2D eigenvalue weighted by Crippen LogP contribution is 2.45. The molecule has 0 radical (unpaired) electrons. The van der Waals surface area contributed by atoms with Gasteiger partial charge in [-0.05, 0) is 55.3 Å². The molecule has 0 unspecified atom stereocenters. The SMILES string of the molecule is O=C(O)c1cc2cc(-c3ccc(NC[C@]4(c5ncccc5F)C[C@H](F)C4)nn3)ccc2[nH]1. The summed E-state index contributed by atoms with van der Waals surface area (Å²) in [4.78, 5) is 18.1. The number of H-pyrrole nitrogens is 1. The highest BCUT2D eigenvalue weighted by molar-refractivity contribution is 5.95. The van der Waals surface area contributed by atoms with Crippen LogP contribution in [0.1, 0.15) is 29.0 Å². The molecule has 7 nitrogen and oxygen atoms in total. The zero-order valence-electron chi connectivity index (χ0n) is 16.8. The van der Waals surface area contributed by atoms with E-state index in [-0.39, 0.29) is 24.2 Å². The first kappa shape index (κ1) is 20.0. The van der Waals surface area contributed by atoms with Gasteiger partial charge in [-0.25, -0.2) is 13.6 Å². The van der Waals surface area contributed by atoms with Gasteiger partial charge in [0, 0.05) is 34.6 Å². The van der Waals surface area contributed by atoms with Crippen LogP contribution in [0.15, 0.2) is 54.7 Å². The lowest BCUT2D eigenvalue weighted by Crippen LogP contribution is -2.49. The van der Waals surface area contributed by atoms with E-state index in [4.69, 9.17) is 5.11 Å². The summed E-state index contributed by atoms with van der Waals surface area (Å²) in [5, 5.41) is 21.5. The van der Waals surface area contributed by atoms with E-state index in [2.05, 4.69) is 25.5 Å². The first-order valence-electron chi connectivity index (χ1n) is 10.1. The van der Waals surface area contributed by atoms with Crippen molar-refractivity contribution in [3.05, 3.63) is 71.9 Å². The topological polar surface area (TPSA) is 104 Å². The molecule has 0 amide bonds. The molecule has 1 saturated carbocycles. The maximum absolute atomic E-state index is 14.3. The van der Waals surface area contributed by atoms with Gasteiger partial charge in [0.25, 0.3) is 0 Å². The van der Waals surface area contributed by atoms with Gasteiger partial charge in [0.2, 0.25) is 0 Å². The predicted octanol–water partition coefficient (Wildman–Crippen LogP) is 4.34. The van der Waals surface area contributed by atoms with Crippen LogP contribution in [0.4, 0.5) is 14.6 Å². The molecule has 162 valence electrons. The summed E-state index contributed by atoms with van der Waals surface area (Å²) in [7, 11) is 0. The summed E-state index contributed by atoms with van der Waals surface area (Å²) in [6, 6.07) is 13.4. The van der Waals surface area contributed by atoms with Gasteiger partial charge in [-0.3, -0.25) is 4.98 Å². The first-order chi connectivity index (χ1) is 15.4. The zero-order chi connectivity index (χ0) is 22.3. The number of fused-ring (bicyclic) bond motifs is 1. The second kappa shape index (κ2) is 7.67. The Balaban J connectivity index is 1.33. The number of aromatic nitrogens is 4. The van der Waals surface area contributed by atoms with Gasteiger partial charge in [-0.2, -0.15) is 0 Å². The summed E-state index contributed by atoms with van der Waals surface area (Å²) in [5.74, 6) is -0.969. The third-order valence-electron chi connectivity index (χ3n) is 5.90. The fraction of sp³-hybridized carbons (Fsp3) is 0.217. The third kappa shape index (κ3) is 3.55. The molecule has 1 aliphatic rings. The van der Waals surface area contributed by atoms with E-state index in [1.54, 1.807) is 24.3 Å². The number of nitrogens with zero attached hydrogens (tertiary/aromatic N) is 3. The quantitative estimate of drug-likeness (QED) is 0.416. The van der Waals surface area contributed by atoms with Crippen molar-refractivity contribution in [2.75, 3.05) is 11.9 Å². The molecule has 1 aliphatic carbocycles. The molecule has 0 saturated heterocycles. The number of nitrogens with one attached hydrogen (secondary N) is 2. The minimum atomic E-state index is -1.02. The third-order valence-corrected chi connectivity index (χ3v) is 5.90. The lowest BCUT2D eigenvalue weighted by atomic mass is 9.65. The van der Waals surface area contributed by atoms with Crippen molar-refractivity contribution in [1.82, 2.24) is 20.2 Å².